The van der Waals surface area contributed by atoms with Crippen LogP contribution in [0.1, 0.15) is 38.1 Å². The van der Waals surface area contributed by atoms with E-state index < -0.39 is 0 Å². The molecule has 1 radical (unpaired) electrons. The average Bonchev–Trinajstić information content (AvgIpc) is 2.64. The number of benzene rings is 1. The molecule has 103 valence electrons. The zero-order chi connectivity index (χ0) is 14.0. The van der Waals surface area contributed by atoms with Crippen molar-refractivity contribution >= 4 is 16.7 Å². The van der Waals surface area contributed by atoms with Gasteiger partial charge in [0.1, 0.15) is 0 Å². The Hall–Kier alpha value is -0.596. The SMILES string of the molecule is [CH2-]n1cc(C(=O)C2C(C)(C)C2(C)C)c2ccccc21.[Y]. The van der Waals surface area contributed by atoms with Crippen molar-refractivity contribution < 1.29 is 37.5 Å². The van der Waals surface area contributed by atoms with E-state index in [2.05, 4.69) is 34.7 Å². The van der Waals surface area contributed by atoms with E-state index in [1.807, 2.05) is 30.5 Å². The minimum absolute atomic E-state index is 0. The van der Waals surface area contributed by atoms with Crippen LogP contribution in [0.3, 0.4) is 0 Å². The van der Waals surface area contributed by atoms with Crippen LogP contribution in [-0.4, -0.2) is 10.4 Å². The van der Waals surface area contributed by atoms with Gasteiger partial charge in [-0.25, -0.2) is 0 Å². The van der Waals surface area contributed by atoms with E-state index in [1.165, 1.54) is 0 Å². The molecule has 1 saturated carbocycles. The molecule has 0 bridgehead atoms. The second-order valence-corrected chi connectivity index (χ2v) is 6.77. The summed E-state index contributed by atoms with van der Waals surface area (Å²) in [4.78, 5) is 12.8. The number of carbonyl (C=O) groups is 1. The van der Waals surface area contributed by atoms with Gasteiger partial charge >= 0.3 is 0 Å². The third-order valence-electron chi connectivity index (χ3n) is 5.34. The number of rotatable bonds is 2. The van der Waals surface area contributed by atoms with Crippen LogP contribution in [0.4, 0.5) is 0 Å². The number of aromatic nitrogens is 1. The van der Waals surface area contributed by atoms with Crippen LogP contribution >= 0.6 is 0 Å². The molecule has 1 aliphatic carbocycles. The van der Waals surface area contributed by atoms with E-state index in [0.717, 1.165) is 16.5 Å². The number of fused-ring (bicyclic) bond motifs is 1. The van der Waals surface area contributed by atoms with Crippen molar-refractivity contribution in [2.75, 3.05) is 0 Å². The molecule has 0 aliphatic heterocycles. The Labute approximate surface area is 145 Å². The summed E-state index contributed by atoms with van der Waals surface area (Å²) in [7, 11) is 3.97. The van der Waals surface area contributed by atoms with E-state index in [-0.39, 0.29) is 55.2 Å². The van der Waals surface area contributed by atoms with Crippen molar-refractivity contribution in [3.63, 3.8) is 0 Å². The minimum atomic E-state index is 0. The summed E-state index contributed by atoms with van der Waals surface area (Å²) in [5.74, 6) is 0.361. The zero-order valence-electron chi connectivity index (χ0n) is 12.6. The Morgan fingerprint density at radius 3 is 2.25 bits per heavy atom. The Morgan fingerprint density at radius 1 is 1.15 bits per heavy atom. The fourth-order valence-electron chi connectivity index (χ4n) is 3.45. The van der Waals surface area contributed by atoms with Crippen molar-refractivity contribution in [3.8, 4) is 0 Å². The molecule has 1 aromatic carbocycles. The Morgan fingerprint density at radius 2 is 1.70 bits per heavy atom. The fraction of sp³-hybridized carbons (Fsp3) is 0.412. The van der Waals surface area contributed by atoms with Gasteiger partial charge in [-0.05, 0) is 16.4 Å². The van der Waals surface area contributed by atoms with Gasteiger partial charge in [-0.3, -0.25) is 4.79 Å². The van der Waals surface area contributed by atoms with Gasteiger partial charge in [0, 0.05) is 38.6 Å². The number of nitrogens with zero attached hydrogens (tertiary/aromatic N) is 1. The number of hydrogen-bond acceptors (Lipinski definition) is 1. The van der Waals surface area contributed by atoms with Crippen molar-refractivity contribution in [2.24, 2.45) is 16.7 Å². The normalized spacial score (nSPS) is 19.6. The van der Waals surface area contributed by atoms with E-state index in [4.69, 9.17) is 0 Å². The van der Waals surface area contributed by atoms with Crippen molar-refractivity contribution in [3.05, 3.63) is 43.1 Å². The molecule has 3 rings (SSSR count). The van der Waals surface area contributed by atoms with Crippen molar-refractivity contribution in [2.45, 2.75) is 27.7 Å². The monoisotopic (exact) mass is 343 g/mol. The minimum Gasteiger partial charge on any atom is -0.486 e. The van der Waals surface area contributed by atoms with Crippen LogP contribution in [0.15, 0.2) is 30.5 Å². The van der Waals surface area contributed by atoms with Gasteiger partial charge in [-0.1, -0.05) is 69.1 Å². The molecule has 0 spiro atoms. The number of ketones is 1. The van der Waals surface area contributed by atoms with Crippen LogP contribution in [0.25, 0.3) is 10.9 Å². The topological polar surface area (TPSA) is 22.0 Å². The summed E-state index contributed by atoms with van der Waals surface area (Å²) >= 11 is 0. The molecule has 1 heterocycles. The third kappa shape index (κ3) is 1.92. The van der Waals surface area contributed by atoms with E-state index in [0.29, 0.717) is 0 Å². The molecule has 1 aliphatic rings. The van der Waals surface area contributed by atoms with Gasteiger partial charge in [0.25, 0.3) is 0 Å². The number of carbonyl (C=O) groups excluding carboxylic acids is 1. The Kier molecular flexibility index (Phi) is 3.72. The molecule has 1 aromatic heterocycles. The first-order chi connectivity index (χ1) is 8.78. The van der Waals surface area contributed by atoms with Crippen LogP contribution < -0.4 is 0 Å². The average molecular weight is 343 g/mol. The first-order valence-corrected chi connectivity index (χ1v) is 6.73. The van der Waals surface area contributed by atoms with Crippen LogP contribution in [0.2, 0.25) is 0 Å². The van der Waals surface area contributed by atoms with Gasteiger partial charge in [-0.15, -0.1) is 7.05 Å². The predicted molar refractivity (Wildman–Crippen MR) is 78.1 cm³/mol. The van der Waals surface area contributed by atoms with Gasteiger partial charge in [-0.2, -0.15) is 0 Å². The number of para-hydroxylation sites is 1. The molecule has 3 heteroatoms. The second kappa shape index (κ2) is 4.71. The van der Waals surface area contributed by atoms with Gasteiger partial charge in [0.15, 0.2) is 5.78 Å². The van der Waals surface area contributed by atoms with Crippen molar-refractivity contribution in [1.29, 1.82) is 0 Å². The molecule has 0 N–H and O–H groups in total. The molecule has 0 amide bonds. The van der Waals surface area contributed by atoms with Crippen LogP contribution in [-0.2, 0) is 32.7 Å². The molecule has 1 fully saturated rings. The molecule has 2 nitrogen and oxygen atoms in total. The summed E-state index contributed by atoms with van der Waals surface area (Å²) in [6, 6.07) is 7.96. The maximum Gasteiger partial charge on any atom is 0.155 e. The third-order valence-corrected chi connectivity index (χ3v) is 5.34. The van der Waals surface area contributed by atoms with E-state index in [9.17, 15) is 4.79 Å². The molecule has 0 atom stereocenters. The van der Waals surface area contributed by atoms with E-state index >= 15 is 0 Å². The second-order valence-electron chi connectivity index (χ2n) is 6.77. The first kappa shape index (κ1) is 15.8. The molecular formula is C17H20NOY-. The zero-order valence-corrected chi connectivity index (χ0v) is 15.4. The summed E-state index contributed by atoms with van der Waals surface area (Å²) in [5, 5.41) is 1.01. The summed E-state index contributed by atoms with van der Waals surface area (Å²) in [6.45, 7) is 8.72. The molecular weight excluding hydrogens is 323 g/mol. The Bertz CT molecular complexity index is 667. The molecule has 20 heavy (non-hydrogen) atoms. The first-order valence-electron chi connectivity index (χ1n) is 6.73. The fourth-order valence-corrected chi connectivity index (χ4v) is 3.45. The smallest absolute Gasteiger partial charge is 0.155 e. The van der Waals surface area contributed by atoms with Gasteiger partial charge < -0.3 is 4.57 Å². The number of hydrogen-bond donors (Lipinski definition) is 0. The largest absolute Gasteiger partial charge is 0.486 e. The summed E-state index contributed by atoms with van der Waals surface area (Å²) < 4.78 is 1.80. The van der Waals surface area contributed by atoms with Crippen molar-refractivity contribution in [1.82, 2.24) is 4.57 Å². The summed E-state index contributed by atoms with van der Waals surface area (Å²) in [5.41, 5.74) is 1.99. The van der Waals surface area contributed by atoms with Crippen LogP contribution in [0.5, 0.6) is 0 Å². The molecule has 0 saturated heterocycles. The Balaban J connectivity index is 0.00000147. The standard InChI is InChI=1S/C17H20NO.Y/c1-16(2)15(17(16,3)4)14(19)12-10-18(5)13-9-7-6-8-11(12)13;/h6-10,15H,5H2,1-4H3;/q-1;. The maximum atomic E-state index is 12.8. The number of Topliss-reactive ketones (excluding diaryl/α,β-unsaturated/α-hetero) is 1. The van der Waals surface area contributed by atoms with Gasteiger partial charge in [0.05, 0.1) is 0 Å². The summed E-state index contributed by atoms with van der Waals surface area (Å²) in [6.07, 6.45) is 1.87. The van der Waals surface area contributed by atoms with Crippen LogP contribution in [0, 0.1) is 23.8 Å². The molecule has 2 aromatic rings. The molecule has 0 unspecified atom stereocenters. The predicted octanol–water partition coefficient (Wildman–Crippen LogP) is 4.14. The van der Waals surface area contributed by atoms with Gasteiger partial charge in [0.2, 0.25) is 0 Å². The van der Waals surface area contributed by atoms with E-state index in [1.54, 1.807) is 4.57 Å². The quantitative estimate of drug-likeness (QED) is 0.593. The maximum absolute atomic E-state index is 12.8.